The number of nitrogens with zero attached hydrogens (tertiary/aromatic N) is 3. The molecule has 10 heteroatoms. The molecule has 1 aromatic heterocycles. The third kappa shape index (κ3) is 10.8. The monoisotopic (exact) mass is 735 g/mol. The van der Waals surface area contributed by atoms with E-state index in [1.54, 1.807) is 43.7 Å². The van der Waals surface area contributed by atoms with E-state index in [9.17, 15) is 9.18 Å². The second kappa shape index (κ2) is 17.9. The van der Waals surface area contributed by atoms with Crippen LogP contribution < -0.4 is 18.9 Å². The molecule has 2 heterocycles. The second-order valence-electron chi connectivity index (χ2n) is 13.0. The van der Waals surface area contributed by atoms with Crippen molar-refractivity contribution >= 4 is 23.6 Å². The van der Waals surface area contributed by atoms with Gasteiger partial charge >= 0.3 is 0 Å². The zero-order chi connectivity index (χ0) is 37.2. The summed E-state index contributed by atoms with van der Waals surface area (Å²) in [6.07, 6.45) is 5.76. The Hall–Kier alpha value is -5.38. The van der Waals surface area contributed by atoms with Crippen molar-refractivity contribution in [2.75, 3.05) is 39.9 Å². The van der Waals surface area contributed by atoms with E-state index in [2.05, 4.69) is 34.1 Å². The standard InChI is InChI=1S/C43H43ClFN3O5/c1-30-22-35(25-36(45)23-30)29-52-39-13-14-41(46-27-39)53-43-31(2)24-34(26-40(43)44)8-15-42(49)48-19-17-47(18-20-48)28-33-6-4-32(5-7-33)16-21-51-38-11-9-37(50-3)10-12-38/h4-15,22-27H,16-21,28-29H2,1-3H3/b15-8+. The number of pyridine rings is 1. The molecule has 1 amide bonds. The summed E-state index contributed by atoms with van der Waals surface area (Å²) in [5.41, 5.74) is 5.65. The molecule has 5 aromatic rings. The summed E-state index contributed by atoms with van der Waals surface area (Å²) in [6.45, 7) is 8.35. The van der Waals surface area contributed by atoms with Crippen LogP contribution >= 0.6 is 11.6 Å². The first-order chi connectivity index (χ1) is 25.7. The lowest BCUT2D eigenvalue weighted by atomic mass is 10.1. The third-order valence-corrected chi connectivity index (χ3v) is 9.21. The van der Waals surface area contributed by atoms with Gasteiger partial charge in [0.15, 0.2) is 5.75 Å². The number of halogens is 2. The molecule has 0 aliphatic carbocycles. The van der Waals surface area contributed by atoms with Gasteiger partial charge in [0, 0.05) is 51.3 Å². The predicted octanol–water partition coefficient (Wildman–Crippen LogP) is 8.85. The van der Waals surface area contributed by atoms with Crippen LogP contribution in [0.25, 0.3) is 6.08 Å². The molecule has 1 saturated heterocycles. The Kier molecular flexibility index (Phi) is 12.6. The van der Waals surface area contributed by atoms with Crippen molar-refractivity contribution in [3.05, 3.63) is 147 Å². The van der Waals surface area contributed by atoms with Crippen LogP contribution in [0.3, 0.4) is 0 Å². The molecule has 8 nitrogen and oxygen atoms in total. The Labute approximate surface area is 315 Å². The number of piperazine rings is 1. The molecule has 0 radical (unpaired) electrons. The van der Waals surface area contributed by atoms with Crippen molar-refractivity contribution in [1.82, 2.24) is 14.8 Å². The van der Waals surface area contributed by atoms with E-state index in [0.29, 0.717) is 42.1 Å². The molecule has 0 N–H and O–H groups in total. The maximum absolute atomic E-state index is 13.7. The number of rotatable bonds is 14. The van der Waals surface area contributed by atoms with Crippen LogP contribution in [-0.4, -0.2) is 60.6 Å². The van der Waals surface area contributed by atoms with E-state index < -0.39 is 0 Å². The molecule has 0 spiro atoms. The highest BCUT2D eigenvalue weighted by atomic mass is 35.5. The Morgan fingerprint density at radius 3 is 2.23 bits per heavy atom. The summed E-state index contributed by atoms with van der Waals surface area (Å²) >= 11 is 6.62. The highest BCUT2D eigenvalue weighted by Gasteiger charge is 2.20. The van der Waals surface area contributed by atoms with Gasteiger partial charge in [-0.25, -0.2) is 9.37 Å². The lowest BCUT2D eigenvalue weighted by Crippen LogP contribution is -2.47. The summed E-state index contributed by atoms with van der Waals surface area (Å²) in [5, 5.41) is 0.407. The molecular weight excluding hydrogens is 693 g/mol. The van der Waals surface area contributed by atoms with Crippen molar-refractivity contribution in [3.8, 4) is 28.9 Å². The van der Waals surface area contributed by atoms with E-state index in [0.717, 1.165) is 59.8 Å². The first kappa shape index (κ1) is 37.4. The number of aromatic nitrogens is 1. The van der Waals surface area contributed by atoms with Gasteiger partial charge in [0.25, 0.3) is 0 Å². The summed E-state index contributed by atoms with van der Waals surface area (Å²) < 4.78 is 36.5. The quantitative estimate of drug-likeness (QED) is 0.106. The smallest absolute Gasteiger partial charge is 0.246 e. The molecule has 0 unspecified atom stereocenters. The number of aryl methyl sites for hydroxylation is 2. The Bertz CT molecular complexity index is 1970. The van der Waals surface area contributed by atoms with Crippen molar-refractivity contribution in [2.24, 2.45) is 0 Å². The van der Waals surface area contributed by atoms with Crippen LogP contribution in [0, 0.1) is 19.7 Å². The van der Waals surface area contributed by atoms with Gasteiger partial charge < -0.3 is 23.8 Å². The van der Waals surface area contributed by atoms with E-state index in [-0.39, 0.29) is 18.3 Å². The van der Waals surface area contributed by atoms with Crippen molar-refractivity contribution in [3.63, 3.8) is 0 Å². The van der Waals surface area contributed by atoms with Crippen LogP contribution in [0.1, 0.15) is 33.4 Å². The third-order valence-electron chi connectivity index (χ3n) is 8.93. The second-order valence-corrected chi connectivity index (χ2v) is 13.4. The molecular formula is C43H43ClFN3O5. The topological polar surface area (TPSA) is 73.4 Å². The van der Waals surface area contributed by atoms with Crippen LogP contribution in [0.2, 0.25) is 5.02 Å². The van der Waals surface area contributed by atoms with E-state index in [4.69, 9.17) is 30.5 Å². The molecule has 6 rings (SSSR count). The number of hydrogen-bond acceptors (Lipinski definition) is 7. The maximum Gasteiger partial charge on any atom is 0.246 e. The number of ether oxygens (including phenoxy) is 4. The number of carbonyl (C=O) groups excluding carboxylic acids is 1. The van der Waals surface area contributed by atoms with Gasteiger partial charge in [-0.05, 0) is 108 Å². The van der Waals surface area contributed by atoms with Crippen LogP contribution in [0.4, 0.5) is 4.39 Å². The lowest BCUT2D eigenvalue weighted by molar-refractivity contribution is -0.127. The fraction of sp³-hybridized carbons (Fsp3) is 0.256. The predicted molar refractivity (Wildman–Crippen MR) is 205 cm³/mol. The summed E-state index contributed by atoms with van der Waals surface area (Å²) in [6, 6.07) is 28.2. The Morgan fingerprint density at radius 1 is 0.830 bits per heavy atom. The minimum atomic E-state index is -0.292. The summed E-state index contributed by atoms with van der Waals surface area (Å²) in [7, 11) is 1.65. The molecule has 1 aliphatic heterocycles. The fourth-order valence-corrected chi connectivity index (χ4v) is 6.40. The van der Waals surface area contributed by atoms with Crippen LogP contribution in [-0.2, 0) is 24.4 Å². The highest BCUT2D eigenvalue weighted by Crippen LogP contribution is 2.34. The van der Waals surface area contributed by atoms with Crippen LogP contribution in [0.5, 0.6) is 28.9 Å². The first-order valence-corrected chi connectivity index (χ1v) is 18.0. The lowest BCUT2D eigenvalue weighted by Gasteiger charge is -2.34. The van der Waals surface area contributed by atoms with E-state index in [1.807, 2.05) is 55.1 Å². The Balaban J connectivity index is 0.929. The molecule has 0 bridgehead atoms. The SMILES string of the molecule is COc1ccc(OCCc2ccc(CN3CCN(C(=O)/C=C/c4cc(C)c(Oc5ccc(OCc6cc(C)cc(F)c6)cn5)c(Cl)c4)CC3)cc2)cc1. The minimum Gasteiger partial charge on any atom is -0.497 e. The molecule has 274 valence electrons. The highest BCUT2D eigenvalue weighted by molar-refractivity contribution is 6.32. The fourth-order valence-electron chi connectivity index (χ4n) is 6.09. The normalized spacial score (nSPS) is 13.3. The molecule has 0 saturated carbocycles. The minimum absolute atomic E-state index is 0.0287. The number of amides is 1. The van der Waals surface area contributed by atoms with E-state index >= 15 is 0 Å². The molecule has 53 heavy (non-hydrogen) atoms. The van der Waals surface area contributed by atoms with Gasteiger partial charge in [-0.3, -0.25) is 9.69 Å². The van der Waals surface area contributed by atoms with Crippen LogP contribution in [0.15, 0.2) is 103 Å². The number of carbonyl (C=O) groups is 1. The van der Waals surface area contributed by atoms with Gasteiger partial charge in [0.05, 0.1) is 24.9 Å². The van der Waals surface area contributed by atoms with Gasteiger partial charge in [-0.15, -0.1) is 0 Å². The van der Waals surface area contributed by atoms with Gasteiger partial charge in [-0.2, -0.15) is 0 Å². The van der Waals surface area contributed by atoms with Gasteiger partial charge in [-0.1, -0.05) is 41.9 Å². The van der Waals surface area contributed by atoms with E-state index in [1.165, 1.54) is 23.3 Å². The maximum atomic E-state index is 13.7. The molecule has 4 aromatic carbocycles. The number of benzene rings is 4. The molecule has 1 fully saturated rings. The number of methoxy groups -OCH3 is 1. The number of hydrogen-bond donors (Lipinski definition) is 0. The largest absolute Gasteiger partial charge is 0.497 e. The van der Waals surface area contributed by atoms with Crippen molar-refractivity contribution in [1.29, 1.82) is 0 Å². The average molecular weight is 736 g/mol. The van der Waals surface area contributed by atoms with Gasteiger partial charge in [0.1, 0.15) is 29.7 Å². The van der Waals surface area contributed by atoms with Gasteiger partial charge in [0.2, 0.25) is 11.8 Å². The molecule has 1 aliphatic rings. The summed E-state index contributed by atoms with van der Waals surface area (Å²) in [5.74, 6) is 2.68. The summed E-state index contributed by atoms with van der Waals surface area (Å²) in [4.78, 5) is 21.6. The zero-order valence-electron chi connectivity index (χ0n) is 30.2. The Morgan fingerprint density at radius 2 is 1.55 bits per heavy atom. The van der Waals surface area contributed by atoms with Crippen molar-refractivity contribution < 1.29 is 28.1 Å². The van der Waals surface area contributed by atoms with Crippen molar-refractivity contribution in [2.45, 2.75) is 33.4 Å². The first-order valence-electron chi connectivity index (χ1n) is 17.6. The molecule has 0 atom stereocenters. The average Bonchev–Trinajstić information content (AvgIpc) is 3.16. The zero-order valence-corrected chi connectivity index (χ0v) is 30.9.